The van der Waals surface area contributed by atoms with Crippen molar-refractivity contribution in [1.82, 2.24) is 4.98 Å². The van der Waals surface area contributed by atoms with Gasteiger partial charge in [0.05, 0.1) is 5.75 Å². The molecule has 2 heterocycles. The number of nitrogens with zero attached hydrogens (tertiary/aromatic N) is 2. The Morgan fingerprint density at radius 2 is 2.21 bits per heavy atom. The second-order valence-corrected chi connectivity index (χ2v) is 6.78. The molecule has 0 radical (unpaired) electrons. The molecule has 1 amide bonds. The molecule has 0 spiro atoms. The van der Waals surface area contributed by atoms with Gasteiger partial charge >= 0.3 is 10.2 Å². The minimum Gasteiger partial charge on any atom is -0.296 e. The summed E-state index contributed by atoms with van der Waals surface area (Å²) >= 11 is 3.22. The predicted octanol–water partition coefficient (Wildman–Crippen LogP) is 1.80. The Labute approximate surface area is 119 Å². The monoisotopic (exact) mass is 350 g/mol. The number of halogens is 2. The third-order valence-corrected chi connectivity index (χ3v) is 4.24. The summed E-state index contributed by atoms with van der Waals surface area (Å²) in [6.07, 6.45) is 0.0246. The maximum absolute atomic E-state index is 12.7. The summed E-state index contributed by atoms with van der Waals surface area (Å²) in [5.74, 6) is -0.898. The third-order valence-electron chi connectivity index (χ3n) is 2.93. The van der Waals surface area contributed by atoms with Gasteiger partial charge in [0.15, 0.2) is 0 Å². The number of aromatic nitrogens is 1. The number of amides is 1. The standard InChI is InChI=1S/C11H12BrFN2O3S/c1-7-2-3-9(12)14-11(7)15-5-8(4-10(15)16)6-19(13,17)18/h2-3,8H,4-6H2,1H3. The van der Waals surface area contributed by atoms with E-state index in [0.29, 0.717) is 10.4 Å². The summed E-state index contributed by atoms with van der Waals surface area (Å²) < 4.78 is 34.5. The number of aryl methyl sites for hydroxylation is 1. The molecule has 1 aromatic heterocycles. The van der Waals surface area contributed by atoms with Crippen molar-refractivity contribution >= 4 is 37.9 Å². The average molecular weight is 351 g/mol. The van der Waals surface area contributed by atoms with Crippen LogP contribution in [0, 0.1) is 12.8 Å². The van der Waals surface area contributed by atoms with Gasteiger partial charge in [-0.2, -0.15) is 8.42 Å². The lowest BCUT2D eigenvalue weighted by molar-refractivity contribution is -0.117. The number of pyridine rings is 1. The first-order valence-corrected chi connectivity index (χ1v) is 7.96. The normalized spacial score (nSPS) is 20.1. The van der Waals surface area contributed by atoms with Gasteiger partial charge in [0.25, 0.3) is 0 Å². The summed E-state index contributed by atoms with van der Waals surface area (Å²) in [6.45, 7) is 1.98. The molecule has 0 saturated carbocycles. The molecule has 1 aliphatic heterocycles. The SMILES string of the molecule is Cc1ccc(Br)nc1N1CC(CS(=O)(=O)F)CC1=O. The first-order valence-electron chi connectivity index (χ1n) is 5.62. The van der Waals surface area contributed by atoms with Crippen LogP contribution in [-0.2, 0) is 15.0 Å². The van der Waals surface area contributed by atoms with Crippen LogP contribution in [0.5, 0.6) is 0 Å². The molecule has 0 N–H and O–H groups in total. The van der Waals surface area contributed by atoms with Crippen LogP contribution in [0.2, 0.25) is 0 Å². The van der Waals surface area contributed by atoms with Crippen LogP contribution < -0.4 is 4.90 Å². The van der Waals surface area contributed by atoms with Gasteiger partial charge in [-0.05, 0) is 34.5 Å². The highest BCUT2D eigenvalue weighted by molar-refractivity contribution is 9.10. The highest BCUT2D eigenvalue weighted by Gasteiger charge is 2.34. The number of hydrogen-bond donors (Lipinski definition) is 0. The molecule has 5 nitrogen and oxygen atoms in total. The van der Waals surface area contributed by atoms with Crippen molar-refractivity contribution in [3.63, 3.8) is 0 Å². The van der Waals surface area contributed by atoms with Crippen molar-refractivity contribution < 1.29 is 17.1 Å². The van der Waals surface area contributed by atoms with E-state index in [-0.39, 0.29) is 18.9 Å². The third kappa shape index (κ3) is 3.50. The van der Waals surface area contributed by atoms with Crippen LogP contribution in [0.3, 0.4) is 0 Å². The molecule has 1 fully saturated rings. The number of anilines is 1. The van der Waals surface area contributed by atoms with E-state index in [0.717, 1.165) is 5.56 Å². The van der Waals surface area contributed by atoms with E-state index >= 15 is 0 Å². The molecule has 1 atom stereocenters. The zero-order chi connectivity index (χ0) is 14.2. The van der Waals surface area contributed by atoms with E-state index in [1.165, 1.54) is 4.90 Å². The molecule has 1 aromatic rings. The van der Waals surface area contributed by atoms with Crippen LogP contribution in [0.15, 0.2) is 16.7 Å². The van der Waals surface area contributed by atoms with Gasteiger partial charge in [0.2, 0.25) is 5.91 Å². The molecular formula is C11H12BrFN2O3S. The number of carbonyl (C=O) groups is 1. The fraction of sp³-hybridized carbons (Fsp3) is 0.455. The molecule has 8 heteroatoms. The molecule has 0 aromatic carbocycles. The van der Waals surface area contributed by atoms with E-state index in [1.807, 2.05) is 0 Å². The van der Waals surface area contributed by atoms with E-state index in [4.69, 9.17) is 0 Å². The minimum atomic E-state index is -4.56. The van der Waals surface area contributed by atoms with Crippen molar-refractivity contribution in [3.05, 3.63) is 22.3 Å². The molecule has 104 valence electrons. The van der Waals surface area contributed by atoms with Gasteiger partial charge in [0.1, 0.15) is 10.4 Å². The van der Waals surface area contributed by atoms with Gasteiger partial charge in [-0.25, -0.2) is 4.98 Å². The minimum absolute atomic E-state index is 0.0246. The van der Waals surface area contributed by atoms with Crippen molar-refractivity contribution in [2.24, 2.45) is 5.92 Å². The average Bonchev–Trinajstić information content (AvgIpc) is 2.60. The van der Waals surface area contributed by atoms with Crippen molar-refractivity contribution in [1.29, 1.82) is 0 Å². The Bertz CT molecular complexity index is 620. The smallest absolute Gasteiger partial charge is 0.296 e. The van der Waals surface area contributed by atoms with Gasteiger partial charge in [-0.15, -0.1) is 3.89 Å². The summed E-state index contributed by atoms with van der Waals surface area (Å²) in [5.41, 5.74) is 0.806. The maximum atomic E-state index is 12.7. The molecule has 1 saturated heterocycles. The fourth-order valence-corrected chi connectivity index (χ4v) is 3.23. The fourth-order valence-electron chi connectivity index (χ4n) is 2.15. The van der Waals surface area contributed by atoms with Crippen LogP contribution in [0.1, 0.15) is 12.0 Å². The van der Waals surface area contributed by atoms with Gasteiger partial charge in [-0.3, -0.25) is 9.69 Å². The van der Waals surface area contributed by atoms with E-state index in [9.17, 15) is 17.1 Å². The van der Waals surface area contributed by atoms with Gasteiger partial charge in [0, 0.05) is 18.9 Å². The second-order valence-electron chi connectivity index (χ2n) is 4.55. The molecule has 19 heavy (non-hydrogen) atoms. The zero-order valence-corrected chi connectivity index (χ0v) is 12.5. The molecule has 1 unspecified atom stereocenters. The van der Waals surface area contributed by atoms with Crippen molar-refractivity contribution in [3.8, 4) is 0 Å². The second kappa shape index (κ2) is 5.16. The lowest BCUT2D eigenvalue weighted by atomic mass is 10.1. The summed E-state index contributed by atoms with van der Waals surface area (Å²) in [5, 5.41) is 0. The highest BCUT2D eigenvalue weighted by atomic mass is 79.9. The molecular weight excluding hydrogens is 339 g/mol. The Morgan fingerprint density at radius 3 is 2.84 bits per heavy atom. The Morgan fingerprint density at radius 1 is 1.53 bits per heavy atom. The molecule has 0 bridgehead atoms. The number of hydrogen-bond acceptors (Lipinski definition) is 4. The molecule has 0 aliphatic carbocycles. The Balaban J connectivity index is 2.23. The lowest BCUT2D eigenvalue weighted by Gasteiger charge is -2.17. The van der Waals surface area contributed by atoms with Crippen molar-refractivity contribution in [2.45, 2.75) is 13.3 Å². The predicted molar refractivity (Wildman–Crippen MR) is 72.0 cm³/mol. The van der Waals surface area contributed by atoms with Crippen LogP contribution in [0.4, 0.5) is 9.70 Å². The zero-order valence-electron chi connectivity index (χ0n) is 10.1. The summed E-state index contributed by atoms with van der Waals surface area (Å²) in [7, 11) is -4.56. The van der Waals surface area contributed by atoms with Crippen LogP contribution >= 0.6 is 15.9 Å². The Hall–Kier alpha value is -1.02. The van der Waals surface area contributed by atoms with Crippen molar-refractivity contribution in [2.75, 3.05) is 17.2 Å². The number of rotatable bonds is 3. The van der Waals surface area contributed by atoms with E-state index in [1.54, 1.807) is 19.1 Å². The topological polar surface area (TPSA) is 67.3 Å². The maximum Gasteiger partial charge on any atom is 0.302 e. The van der Waals surface area contributed by atoms with Gasteiger partial charge < -0.3 is 0 Å². The largest absolute Gasteiger partial charge is 0.302 e. The summed E-state index contributed by atoms with van der Waals surface area (Å²) in [4.78, 5) is 17.5. The Kier molecular flexibility index (Phi) is 3.91. The van der Waals surface area contributed by atoms with Crippen LogP contribution in [0.25, 0.3) is 0 Å². The lowest BCUT2D eigenvalue weighted by Crippen LogP contribution is -2.27. The van der Waals surface area contributed by atoms with E-state index < -0.39 is 21.9 Å². The van der Waals surface area contributed by atoms with Gasteiger partial charge in [-0.1, -0.05) is 6.07 Å². The summed E-state index contributed by atoms with van der Waals surface area (Å²) in [6, 6.07) is 3.56. The molecule has 1 aliphatic rings. The first kappa shape index (κ1) is 14.4. The van der Waals surface area contributed by atoms with Crippen LogP contribution in [-0.4, -0.2) is 31.6 Å². The number of carbonyl (C=O) groups excluding carboxylic acids is 1. The highest BCUT2D eigenvalue weighted by Crippen LogP contribution is 2.28. The van der Waals surface area contributed by atoms with E-state index in [2.05, 4.69) is 20.9 Å². The first-order chi connectivity index (χ1) is 8.76. The quantitative estimate of drug-likeness (QED) is 0.615. The molecule has 2 rings (SSSR count).